The summed E-state index contributed by atoms with van der Waals surface area (Å²) in [4.78, 5) is 12.1. The summed E-state index contributed by atoms with van der Waals surface area (Å²) in [6, 6.07) is 15.7. The molecule has 126 valence electrons. The van der Waals surface area contributed by atoms with Crippen LogP contribution >= 0.6 is 0 Å². The van der Waals surface area contributed by atoms with Crippen molar-refractivity contribution in [2.24, 2.45) is 5.10 Å². The number of nitrogens with zero attached hydrogens (tertiary/aromatic N) is 2. The van der Waals surface area contributed by atoms with Gasteiger partial charge in [-0.3, -0.25) is 9.89 Å². The molecule has 0 fully saturated rings. The van der Waals surface area contributed by atoms with Crippen LogP contribution in [0.1, 0.15) is 16.1 Å². The highest BCUT2D eigenvalue weighted by Crippen LogP contribution is 2.28. The minimum absolute atomic E-state index is 0.0838. The Balaban J connectivity index is 1.72. The Morgan fingerprint density at radius 1 is 1.24 bits per heavy atom. The van der Waals surface area contributed by atoms with Crippen molar-refractivity contribution in [3.05, 3.63) is 65.9 Å². The van der Waals surface area contributed by atoms with Gasteiger partial charge in [0.05, 0.1) is 19.0 Å². The molecule has 0 atom stereocenters. The molecule has 7 nitrogen and oxygen atoms in total. The number of aromatic nitrogens is 2. The van der Waals surface area contributed by atoms with Crippen LogP contribution in [0.5, 0.6) is 11.5 Å². The van der Waals surface area contributed by atoms with Crippen LogP contribution < -0.4 is 10.2 Å². The molecule has 25 heavy (non-hydrogen) atoms. The van der Waals surface area contributed by atoms with Gasteiger partial charge >= 0.3 is 0 Å². The molecule has 1 heterocycles. The number of phenolic OH excluding ortho intramolecular Hbond substituents is 1. The summed E-state index contributed by atoms with van der Waals surface area (Å²) < 4.78 is 5.29. The van der Waals surface area contributed by atoms with E-state index in [0.29, 0.717) is 17.0 Å². The first kappa shape index (κ1) is 16.3. The number of amides is 1. The predicted octanol–water partition coefficient (Wildman–Crippen LogP) is 2.55. The maximum absolute atomic E-state index is 12.1. The van der Waals surface area contributed by atoms with Gasteiger partial charge in [-0.15, -0.1) is 0 Å². The topological polar surface area (TPSA) is 99.6 Å². The average molecular weight is 336 g/mol. The van der Waals surface area contributed by atoms with Gasteiger partial charge in [0, 0.05) is 11.1 Å². The van der Waals surface area contributed by atoms with Crippen molar-refractivity contribution in [1.29, 1.82) is 0 Å². The largest absolute Gasteiger partial charge is 0.507 e. The third-order valence-corrected chi connectivity index (χ3v) is 3.51. The summed E-state index contributed by atoms with van der Waals surface area (Å²) in [5, 5.41) is 20.3. The summed E-state index contributed by atoms with van der Waals surface area (Å²) in [7, 11) is 1.58. The van der Waals surface area contributed by atoms with Crippen molar-refractivity contribution in [2.75, 3.05) is 7.11 Å². The Bertz CT molecular complexity index is 918. The van der Waals surface area contributed by atoms with Crippen LogP contribution in [0.15, 0.2) is 59.7 Å². The highest BCUT2D eigenvalue weighted by Gasteiger charge is 2.13. The molecule has 1 aromatic heterocycles. The Labute approximate surface area is 144 Å². The summed E-state index contributed by atoms with van der Waals surface area (Å²) >= 11 is 0. The molecule has 2 aromatic carbocycles. The van der Waals surface area contributed by atoms with E-state index in [4.69, 9.17) is 4.74 Å². The summed E-state index contributed by atoms with van der Waals surface area (Å²) in [5.74, 6) is 0.305. The summed E-state index contributed by atoms with van der Waals surface area (Å²) in [6.45, 7) is 0. The smallest absolute Gasteiger partial charge is 0.289 e. The van der Waals surface area contributed by atoms with Gasteiger partial charge in [0.25, 0.3) is 5.91 Å². The van der Waals surface area contributed by atoms with Crippen LogP contribution in [0.3, 0.4) is 0 Å². The van der Waals surface area contributed by atoms with Crippen LogP contribution in [-0.4, -0.2) is 34.5 Å². The van der Waals surface area contributed by atoms with Crippen LogP contribution in [0.4, 0.5) is 0 Å². The maximum atomic E-state index is 12.1. The fraction of sp³-hybridized carbons (Fsp3) is 0.0556. The van der Waals surface area contributed by atoms with Gasteiger partial charge in [-0.05, 0) is 30.3 Å². The zero-order valence-corrected chi connectivity index (χ0v) is 13.4. The van der Waals surface area contributed by atoms with E-state index in [-0.39, 0.29) is 11.4 Å². The van der Waals surface area contributed by atoms with Crippen molar-refractivity contribution in [2.45, 2.75) is 0 Å². The van der Waals surface area contributed by atoms with Crippen molar-refractivity contribution in [1.82, 2.24) is 15.6 Å². The van der Waals surface area contributed by atoms with E-state index in [1.54, 1.807) is 31.4 Å². The first-order chi connectivity index (χ1) is 12.2. The fourth-order valence-electron chi connectivity index (χ4n) is 2.25. The number of phenols is 1. The lowest BCUT2D eigenvalue weighted by atomic mass is 10.1. The number of aromatic hydroxyl groups is 1. The number of benzene rings is 2. The van der Waals surface area contributed by atoms with E-state index >= 15 is 0 Å². The Morgan fingerprint density at radius 2 is 2.00 bits per heavy atom. The molecule has 0 unspecified atom stereocenters. The van der Waals surface area contributed by atoms with E-state index in [0.717, 1.165) is 5.56 Å². The van der Waals surface area contributed by atoms with Gasteiger partial charge in [-0.25, -0.2) is 5.43 Å². The molecule has 0 saturated carbocycles. The number of hydrogen-bond acceptors (Lipinski definition) is 5. The molecule has 3 rings (SSSR count). The number of carbonyl (C=O) groups is 1. The van der Waals surface area contributed by atoms with Crippen molar-refractivity contribution < 1.29 is 14.6 Å². The maximum Gasteiger partial charge on any atom is 0.289 e. The van der Waals surface area contributed by atoms with Crippen LogP contribution in [0, 0.1) is 0 Å². The fourth-order valence-corrected chi connectivity index (χ4v) is 2.25. The zero-order valence-electron chi connectivity index (χ0n) is 13.4. The zero-order chi connectivity index (χ0) is 17.6. The van der Waals surface area contributed by atoms with Crippen LogP contribution in [-0.2, 0) is 0 Å². The van der Waals surface area contributed by atoms with Crippen LogP contribution in [0.2, 0.25) is 0 Å². The van der Waals surface area contributed by atoms with Crippen molar-refractivity contribution in [3.8, 4) is 22.8 Å². The Hall–Kier alpha value is -3.61. The molecule has 7 heteroatoms. The van der Waals surface area contributed by atoms with Crippen molar-refractivity contribution in [3.63, 3.8) is 0 Å². The highest BCUT2D eigenvalue weighted by atomic mass is 16.5. The molecular weight excluding hydrogens is 320 g/mol. The first-order valence-electron chi connectivity index (χ1n) is 7.49. The second-order valence-corrected chi connectivity index (χ2v) is 5.13. The van der Waals surface area contributed by atoms with Gasteiger partial charge in [-0.1, -0.05) is 24.3 Å². The monoisotopic (exact) mass is 336 g/mol. The number of rotatable bonds is 5. The highest BCUT2D eigenvalue weighted by molar-refractivity contribution is 5.94. The van der Waals surface area contributed by atoms with Gasteiger partial charge < -0.3 is 9.84 Å². The van der Waals surface area contributed by atoms with E-state index in [1.807, 2.05) is 24.3 Å². The molecule has 3 N–H and O–H groups in total. The number of methoxy groups -OCH3 is 1. The minimum Gasteiger partial charge on any atom is -0.507 e. The molecule has 0 radical (unpaired) electrons. The van der Waals surface area contributed by atoms with Gasteiger partial charge in [0.2, 0.25) is 0 Å². The average Bonchev–Trinajstić information content (AvgIpc) is 3.13. The quantitative estimate of drug-likeness (QED) is 0.492. The van der Waals surface area contributed by atoms with Gasteiger partial charge in [0.15, 0.2) is 0 Å². The number of hydrazone groups is 1. The number of aromatic amines is 1. The van der Waals surface area contributed by atoms with Crippen molar-refractivity contribution >= 4 is 12.1 Å². The van der Waals surface area contributed by atoms with Crippen LogP contribution in [0.25, 0.3) is 11.3 Å². The van der Waals surface area contributed by atoms with E-state index in [2.05, 4.69) is 20.7 Å². The third-order valence-electron chi connectivity index (χ3n) is 3.51. The SMILES string of the molecule is COc1ccccc1-c1cc(C(=O)N/N=C\c2ccccc2O)[nH]n1. The molecule has 0 bridgehead atoms. The normalized spacial score (nSPS) is 10.8. The second-order valence-electron chi connectivity index (χ2n) is 5.13. The number of hydrogen-bond donors (Lipinski definition) is 3. The molecular formula is C18H16N4O3. The molecule has 0 aliphatic rings. The molecule has 3 aromatic rings. The standard InChI is InChI=1S/C18H16N4O3/c1-25-17-9-5-3-7-13(17)14-10-15(21-20-14)18(24)22-19-11-12-6-2-4-8-16(12)23/h2-11,23H,1H3,(H,20,21)(H,22,24)/b19-11-. The van der Waals surface area contributed by atoms with Gasteiger partial charge in [-0.2, -0.15) is 10.2 Å². The number of carbonyl (C=O) groups excluding carboxylic acids is 1. The van der Waals surface area contributed by atoms with Gasteiger partial charge in [0.1, 0.15) is 17.2 Å². The molecule has 0 aliphatic carbocycles. The Morgan fingerprint density at radius 3 is 2.80 bits per heavy atom. The lowest BCUT2D eigenvalue weighted by Crippen LogP contribution is -2.18. The molecule has 1 amide bonds. The number of ether oxygens (including phenoxy) is 1. The van der Waals surface area contributed by atoms with E-state index < -0.39 is 5.91 Å². The van der Waals surface area contributed by atoms with E-state index in [9.17, 15) is 9.90 Å². The molecule has 0 aliphatic heterocycles. The third kappa shape index (κ3) is 3.66. The number of para-hydroxylation sites is 2. The minimum atomic E-state index is -0.444. The Kier molecular flexibility index (Phi) is 4.75. The molecule has 0 spiro atoms. The summed E-state index contributed by atoms with van der Waals surface area (Å²) in [5.41, 5.74) is 4.51. The van der Waals surface area contributed by atoms with E-state index in [1.165, 1.54) is 12.3 Å². The summed E-state index contributed by atoms with van der Waals surface area (Å²) in [6.07, 6.45) is 1.37. The number of H-pyrrole nitrogens is 1. The second kappa shape index (κ2) is 7.31. The lowest BCUT2D eigenvalue weighted by molar-refractivity contribution is 0.0950. The molecule has 0 saturated heterocycles. The lowest BCUT2D eigenvalue weighted by Gasteiger charge is -2.04. The predicted molar refractivity (Wildman–Crippen MR) is 93.7 cm³/mol. The number of nitrogens with one attached hydrogen (secondary N) is 2. The first-order valence-corrected chi connectivity index (χ1v) is 7.49.